The van der Waals surface area contributed by atoms with Crippen LogP contribution in [0.15, 0.2) is 18.2 Å². The maximum absolute atomic E-state index is 14.5. The number of benzene rings is 1. The molecule has 1 saturated heterocycles. The molecule has 8 heteroatoms. The Kier molecular flexibility index (Phi) is 4.21. The molecule has 1 aliphatic heterocycles. The van der Waals surface area contributed by atoms with Gasteiger partial charge in [-0.05, 0) is 44.4 Å². The summed E-state index contributed by atoms with van der Waals surface area (Å²) < 4.78 is 29.4. The van der Waals surface area contributed by atoms with Crippen molar-refractivity contribution in [3.63, 3.8) is 0 Å². The lowest BCUT2D eigenvalue weighted by Crippen LogP contribution is -2.52. The van der Waals surface area contributed by atoms with E-state index in [0.717, 1.165) is 62.8 Å². The van der Waals surface area contributed by atoms with Crippen LogP contribution in [0.3, 0.4) is 0 Å². The predicted molar refractivity (Wildman–Crippen MR) is 99.3 cm³/mol. The number of likely N-dealkylation sites (N-methyl/N-ethyl adjacent to an activating group) is 1. The molecule has 2 unspecified atom stereocenters. The summed E-state index contributed by atoms with van der Waals surface area (Å²) in [5, 5.41) is 6.43. The molecule has 2 fully saturated rings. The molecule has 28 heavy (non-hydrogen) atoms. The van der Waals surface area contributed by atoms with E-state index in [1.807, 2.05) is 5.01 Å². The first-order valence-electron chi connectivity index (χ1n) is 9.84. The Bertz CT molecular complexity index is 935. The Morgan fingerprint density at radius 3 is 2.64 bits per heavy atom. The zero-order valence-electron chi connectivity index (χ0n) is 15.8. The molecule has 1 saturated carbocycles. The quantitative estimate of drug-likeness (QED) is 0.879. The van der Waals surface area contributed by atoms with Gasteiger partial charge >= 0.3 is 0 Å². The molecule has 2 aliphatic carbocycles. The number of fused-ring (bicyclic) bond motifs is 5. The summed E-state index contributed by atoms with van der Waals surface area (Å²) in [5.74, 6) is -0.957. The van der Waals surface area contributed by atoms with E-state index >= 15 is 0 Å². The lowest BCUT2D eigenvalue weighted by atomic mass is 9.95. The third-order valence-corrected chi connectivity index (χ3v) is 6.30. The Balaban J connectivity index is 1.51. The van der Waals surface area contributed by atoms with E-state index in [4.69, 9.17) is 0 Å². The van der Waals surface area contributed by atoms with Gasteiger partial charge in [-0.15, -0.1) is 0 Å². The van der Waals surface area contributed by atoms with Gasteiger partial charge in [0.2, 0.25) is 0 Å². The first-order valence-corrected chi connectivity index (χ1v) is 9.84. The second-order valence-corrected chi connectivity index (χ2v) is 8.09. The van der Waals surface area contributed by atoms with Crippen molar-refractivity contribution >= 4 is 5.91 Å². The number of halogens is 2. The number of hydrogen-bond donors (Lipinski definition) is 1. The third-order valence-electron chi connectivity index (χ3n) is 6.30. The monoisotopic (exact) mass is 387 g/mol. The lowest BCUT2D eigenvalue weighted by Gasteiger charge is -2.32. The number of piperazine rings is 1. The zero-order valence-corrected chi connectivity index (χ0v) is 15.8. The Morgan fingerprint density at radius 2 is 1.89 bits per heavy atom. The normalized spacial score (nSPS) is 24.5. The number of aromatic nitrogens is 2. The molecule has 6 nitrogen and oxygen atoms in total. The van der Waals surface area contributed by atoms with E-state index < -0.39 is 11.6 Å². The smallest absolute Gasteiger partial charge is 0.286 e. The highest BCUT2D eigenvalue weighted by atomic mass is 19.1. The zero-order chi connectivity index (χ0) is 19.4. The average Bonchev–Trinajstić information content (AvgIpc) is 3.36. The van der Waals surface area contributed by atoms with E-state index in [2.05, 4.69) is 22.5 Å². The van der Waals surface area contributed by atoms with Gasteiger partial charge in [0.15, 0.2) is 11.5 Å². The highest BCUT2D eigenvalue weighted by Crippen LogP contribution is 2.54. The second kappa shape index (κ2) is 6.63. The lowest BCUT2D eigenvalue weighted by molar-refractivity contribution is 0.0656. The van der Waals surface area contributed by atoms with Gasteiger partial charge in [-0.1, -0.05) is 0 Å². The maximum atomic E-state index is 14.5. The molecule has 1 aromatic carbocycles. The van der Waals surface area contributed by atoms with Crippen LogP contribution in [-0.2, 0) is 0 Å². The summed E-state index contributed by atoms with van der Waals surface area (Å²) in [5.41, 5.74) is 5.42. The summed E-state index contributed by atoms with van der Waals surface area (Å²) in [6.07, 6.45) is 3.03. The van der Waals surface area contributed by atoms with Gasteiger partial charge in [-0.25, -0.2) is 18.5 Å². The van der Waals surface area contributed by atoms with Crippen molar-refractivity contribution in [2.75, 3.05) is 33.2 Å². The van der Waals surface area contributed by atoms with Gasteiger partial charge in [0, 0.05) is 43.7 Å². The molecule has 1 aromatic heterocycles. The highest BCUT2D eigenvalue weighted by Gasteiger charge is 2.44. The minimum atomic E-state index is -0.668. The number of hydrogen-bond acceptors (Lipinski definition) is 4. The minimum absolute atomic E-state index is 0.198. The van der Waals surface area contributed by atoms with Crippen molar-refractivity contribution in [2.24, 2.45) is 0 Å². The number of hydrazine groups is 1. The summed E-state index contributed by atoms with van der Waals surface area (Å²) >= 11 is 0. The van der Waals surface area contributed by atoms with Crippen LogP contribution in [0.2, 0.25) is 0 Å². The number of nitrogens with zero attached hydrogens (tertiary/aromatic N) is 4. The number of rotatable bonds is 3. The fourth-order valence-electron chi connectivity index (χ4n) is 4.85. The van der Waals surface area contributed by atoms with E-state index in [1.54, 1.807) is 0 Å². The minimum Gasteiger partial charge on any atom is -0.304 e. The maximum Gasteiger partial charge on any atom is 0.286 e. The number of amides is 1. The largest absolute Gasteiger partial charge is 0.304 e. The van der Waals surface area contributed by atoms with Crippen LogP contribution in [0.25, 0.3) is 5.69 Å². The van der Waals surface area contributed by atoms with Gasteiger partial charge in [0.05, 0.1) is 5.69 Å². The van der Waals surface area contributed by atoms with E-state index in [-0.39, 0.29) is 17.5 Å². The average molecular weight is 387 g/mol. The molecule has 5 rings (SSSR count). The molecule has 2 heterocycles. The molecule has 2 aromatic rings. The summed E-state index contributed by atoms with van der Waals surface area (Å²) in [4.78, 5) is 15.2. The van der Waals surface area contributed by atoms with Crippen molar-refractivity contribution < 1.29 is 13.6 Å². The summed E-state index contributed by atoms with van der Waals surface area (Å²) in [7, 11) is 2.06. The second-order valence-electron chi connectivity index (χ2n) is 8.09. The van der Waals surface area contributed by atoms with Crippen LogP contribution < -0.4 is 5.43 Å². The molecule has 0 spiro atoms. The SMILES string of the molecule is CN1CCN(NC(=O)c2nn(-c3ccc(F)cc3F)c3c2C2CCC3C2)CC1. The highest BCUT2D eigenvalue weighted by molar-refractivity contribution is 5.94. The Hall–Kier alpha value is -2.32. The Morgan fingerprint density at radius 1 is 1.14 bits per heavy atom. The predicted octanol–water partition coefficient (Wildman–Crippen LogP) is 2.41. The van der Waals surface area contributed by atoms with Crippen LogP contribution >= 0.6 is 0 Å². The van der Waals surface area contributed by atoms with Crippen molar-refractivity contribution in [2.45, 2.75) is 31.1 Å². The molecular weight excluding hydrogens is 364 g/mol. The van der Waals surface area contributed by atoms with E-state index in [1.165, 1.54) is 16.8 Å². The van der Waals surface area contributed by atoms with Crippen LogP contribution in [0.5, 0.6) is 0 Å². The van der Waals surface area contributed by atoms with Crippen LogP contribution in [0.1, 0.15) is 52.8 Å². The Labute approximate surface area is 162 Å². The van der Waals surface area contributed by atoms with Crippen LogP contribution in [0.4, 0.5) is 8.78 Å². The molecule has 148 valence electrons. The third kappa shape index (κ3) is 2.82. The van der Waals surface area contributed by atoms with Gasteiger partial charge in [0.1, 0.15) is 11.5 Å². The van der Waals surface area contributed by atoms with Crippen molar-refractivity contribution in [1.82, 2.24) is 25.1 Å². The number of carbonyl (C=O) groups excluding carboxylic acids is 1. The molecule has 1 amide bonds. The van der Waals surface area contributed by atoms with Gasteiger partial charge in [0.25, 0.3) is 5.91 Å². The van der Waals surface area contributed by atoms with Crippen molar-refractivity contribution in [3.8, 4) is 5.69 Å². The van der Waals surface area contributed by atoms with Crippen LogP contribution in [-0.4, -0.2) is 58.8 Å². The number of carbonyl (C=O) groups is 1. The van der Waals surface area contributed by atoms with E-state index in [0.29, 0.717) is 11.6 Å². The topological polar surface area (TPSA) is 53.4 Å². The van der Waals surface area contributed by atoms with Gasteiger partial charge < -0.3 is 4.90 Å². The van der Waals surface area contributed by atoms with Gasteiger partial charge in [-0.2, -0.15) is 5.10 Å². The molecule has 3 aliphatic rings. The van der Waals surface area contributed by atoms with Crippen molar-refractivity contribution in [3.05, 3.63) is 46.8 Å². The fourth-order valence-corrected chi connectivity index (χ4v) is 4.85. The first-order chi connectivity index (χ1) is 13.5. The molecule has 2 atom stereocenters. The first kappa shape index (κ1) is 17.8. The molecule has 2 bridgehead atoms. The summed E-state index contributed by atoms with van der Waals surface area (Å²) in [6, 6.07) is 3.48. The van der Waals surface area contributed by atoms with E-state index in [9.17, 15) is 13.6 Å². The molecule has 0 radical (unpaired) electrons. The van der Waals surface area contributed by atoms with Crippen molar-refractivity contribution in [1.29, 1.82) is 0 Å². The number of nitrogens with one attached hydrogen (secondary N) is 1. The molecular formula is C20H23F2N5O. The summed E-state index contributed by atoms with van der Waals surface area (Å²) in [6.45, 7) is 3.28. The standard InChI is InChI=1S/C20H23F2N5O/c1-25-6-8-26(9-7-25)24-20(28)18-17-12-2-3-13(10-12)19(17)27(23-18)16-5-4-14(21)11-15(16)22/h4-5,11-13H,2-3,6-10H2,1H3,(H,24,28). The van der Waals surface area contributed by atoms with Gasteiger partial charge in [-0.3, -0.25) is 10.2 Å². The molecule has 1 N–H and O–H groups in total. The van der Waals surface area contributed by atoms with Crippen LogP contribution in [0, 0.1) is 11.6 Å². The fraction of sp³-hybridized carbons (Fsp3) is 0.500.